The Morgan fingerprint density at radius 2 is 2.22 bits per heavy atom. The van der Waals surface area contributed by atoms with Gasteiger partial charge < -0.3 is 20.2 Å². The molecule has 3 saturated heterocycles. The number of nitrogens with one attached hydrogen (secondary N) is 2. The highest BCUT2D eigenvalue weighted by atomic mass is 35.5. The molecule has 0 saturated carbocycles. The van der Waals surface area contributed by atoms with Crippen molar-refractivity contribution in [3.63, 3.8) is 0 Å². The number of thioether (sulfide) groups is 1. The van der Waals surface area contributed by atoms with Gasteiger partial charge in [0.25, 0.3) is 0 Å². The van der Waals surface area contributed by atoms with Crippen LogP contribution >= 0.6 is 23.4 Å². The summed E-state index contributed by atoms with van der Waals surface area (Å²) in [6.07, 6.45) is 3.73. The zero-order valence-corrected chi connectivity index (χ0v) is 17.3. The lowest BCUT2D eigenvalue weighted by Gasteiger charge is -2.34. The largest absolute Gasteiger partial charge is 0.394 e. The van der Waals surface area contributed by atoms with E-state index in [4.69, 9.17) is 16.7 Å². The molecule has 0 radical (unpaired) electrons. The Hall–Kier alpha value is 0.1000. The van der Waals surface area contributed by atoms with Crippen LogP contribution in [0.4, 0.5) is 0 Å². The molecule has 3 fully saturated rings. The molecule has 7 unspecified atom stereocenters. The Balaban J connectivity index is 1.45. The van der Waals surface area contributed by atoms with Gasteiger partial charge in [-0.25, -0.2) is 0 Å². The topological polar surface area (TPSA) is 91.2 Å². The van der Waals surface area contributed by atoms with Gasteiger partial charge in [-0.1, -0.05) is 6.08 Å². The summed E-state index contributed by atoms with van der Waals surface area (Å²) in [6, 6.07) is 0.0690. The van der Waals surface area contributed by atoms with E-state index in [2.05, 4.69) is 33.6 Å². The van der Waals surface area contributed by atoms with Gasteiger partial charge in [-0.15, -0.1) is 23.4 Å². The summed E-state index contributed by atoms with van der Waals surface area (Å²) < 4.78 is 0. The Labute approximate surface area is 170 Å². The lowest BCUT2D eigenvalue weighted by atomic mass is 9.76. The minimum absolute atomic E-state index is 0.0943. The minimum atomic E-state index is -0.779. The van der Waals surface area contributed by atoms with Crippen LogP contribution in [0.2, 0.25) is 0 Å². The molecule has 7 atom stereocenters. The van der Waals surface area contributed by atoms with Crippen LogP contribution < -0.4 is 10.6 Å². The molecule has 1 aliphatic carbocycles. The molecule has 0 aromatic carbocycles. The first kappa shape index (κ1) is 20.4. The van der Waals surface area contributed by atoms with Crippen molar-refractivity contribution in [2.24, 2.45) is 5.41 Å². The SMILES string of the molecule is CN1CCC2(C1)CN(C(O)NC1NC(C(O)CO)CS1)C1CCC(Cl)C=C12. The van der Waals surface area contributed by atoms with Gasteiger partial charge in [-0.3, -0.25) is 15.5 Å². The Bertz CT molecular complexity index is 585. The molecule has 3 heterocycles. The van der Waals surface area contributed by atoms with Crippen molar-refractivity contribution in [2.45, 2.75) is 54.7 Å². The highest BCUT2D eigenvalue weighted by molar-refractivity contribution is 8.00. The van der Waals surface area contributed by atoms with Crippen molar-refractivity contribution < 1.29 is 15.3 Å². The van der Waals surface area contributed by atoms with E-state index in [1.165, 1.54) is 5.57 Å². The van der Waals surface area contributed by atoms with E-state index in [-0.39, 0.29) is 35.0 Å². The van der Waals surface area contributed by atoms with Crippen LogP contribution in [0.15, 0.2) is 11.6 Å². The van der Waals surface area contributed by atoms with Crippen molar-refractivity contribution >= 4 is 23.4 Å². The summed E-state index contributed by atoms with van der Waals surface area (Å²) in [7, 11) is 2.16. The molecule has 5 N–H and O–H groups in total. The first-order valence-electron chi connectivity index (χ1n) is 9.83. The molecule has 4 rings (SSSR count). The predicted octanol–water partition coefficient (Wildman–Crippen LogP) is -0.473. The Kier molecular flexibility index (Phi) is 6.10. The average Bonchev–Trinajstić information content (AvgIpc) is 3.33. The minimum Gasteiger partial charge on any atom is -0.394 e. The normalized spacial score (nSPS) is 42.5. The van der Waals surface area contributed by atoms with E-state index < -0.39 is 12.5 Å². The van der Waals surface area contributed by atoms with Gasteiger partial charge in [0.2, 0.25) is 0 Å². The van der Waals surface area contributed by atoms with E-state index in [1.807, 2.05) is 0 Å². The summed E-state index contributed by atoms with van der Waals surface area (Å²) in [5.41, 5.74) is 1.37. The molecule has 7 nitrogen and oxygen atoms in total. The van der Waals surface area contributed by atoms with Crippen LogP contribution in [0.25, 0.3) is 0 Å². The number of likely N-dealkylation sites (tertiary alicyclic amines) is 2. The van der Waals surface area contributed by atoms with Gasteiger partial charge >= 0.3 is 0 Å². The van der Waals surface area contributed by atoms with Gasteiger partial charge in [0.05, 0.1) is 18.1 Å². The molecule has 3 aliphatic heterocycles. The first-order chi connectivity index (χ1) is 12.9. The van der Waals surface area contributed by atoms with Crippen molar-refractivity contribution in [3.8, 4) is 0 Å². The Morgan fingerprint density at radius 1 is 1.41 bits per heavy atom. The van der Waals surface area contributed by atoms with Crippen LogP contribution in [0.5, 0.6) is 0 Å². The number of allylic oxidation sites excluding steroid dienone is 1. The first-order valence-corrected chi connectivity index (χ1v) is 11.3. The molecule has 0 aromatic rings. The van der Waals surface area contributed by atoms with Crippen LogP contribution in [0.3, 0.4) is 0 Å². The van der Waals surface area contributed by atoms with E-state index >= 15 is 0 Å². The number of fused-ring (bicyclic) bond motifs is 2. The number of hydrogen-bond acceptors (Lipinski definition) is 8. The maximum Gasteiger partial charge on any atom is 0.165 e. The lowest BCUT2D eigenvalue weighted by Crippen LogP contribution is -2.55. The zero-order valence-electron chi connectivity index (χ0n) is 15.7. The zero-order chi connectivity index (χ0) is 19.2. The molecule has 1 spiro atoms. The highest BCUT2D eigenvalue weighted by Gasteiger charge is 2.53. The quantitative estimate of drug-likeness (QED) is 0.232. The smallest absolute Gasteiger partial charge is 0.165 e. The summed E-state index contributed by atoms with van der Waals surface area (Å²) in [5.74, 6) is 0.698. The maximum absolute atomic E-state index is 11.0. The van der Waals surface area contributed by atoms with Gasteiger partial charge in [0.1, 0.15) is 5.50 Å². The van der Waals surface area contributed by atoms with Gasteiger partial charge in [0.15, 0.2) is 6.35 Å². The van der Waals surface area contributed by atoms with Crippen molar-refractivity contribution in [2.75, 3.05) is 39.0 Å². The predicted molar refractivity (Wildman–Crippen MR) is 107 cm³/mol. The van der Waals surface area contributed by atoms with Crippen molar-refractivity contribution in [1.82, 2.24) is 20.4 Å². The molecule has 0 amide bonds. The number of hydrogen-bond donors (Lipinski definition) is 5. The molecule has 0 aromatic heterocycles. The van der Waals surface area contributed by atoms with Crippen LogP contribution in [0, 0.1) is 5.41 Å². The van der Waals surface area contributed by atoms with Crippen LogP contribution in [-0.4, -0.2) is 99.6 Å². The third-order valence-electron chi connectivity index (χ3n) is 6.55. The summed E-state index contributed by atoms with van der Waals surface area (Å²) in [6.45, 7) is 2.68. The number of rotatable bonds is 5. The molecular weight excluding hydrogens is 388 g/mol. The fraction of sp³-hybridized carbons (Fsp3) is 0.889. The van der Waals surface area contributed by atoms with Crippen molar-refractivity contribution in [3.05, 3.63) is 11.6 Å². The fourth-order valence-corrected chi connectivity index (χ4v) is 6.62. The standard InChI is InChI=1S/C18H31ClN4O3S/c1-22-5-4-18(9-22)10-23(14-3-2-11(19)6-12(14)18)17(26)21-16-20-13(8-27-16)15(25)7-24/h6,11,13-17,20-21,24-26H,2-5,7-10H2,1H3. The molecule has 4 aliphatic rings. The number of nitrogens with zero attached hydrogens (tertiary/aromatic N) is 2. The molecule has 27 heavy (non-hydrogen) atoms. The van der Waals surface area contributed by atoms with Gasteiger partial charge in [-0.05, 0) is 38.4 Å². The summed E-state index contributed by atoms with van der Waals surface area (Å²) >= 11 is 8.07. The van der Waals surface area contributed by atoms with Crippen LogP contribution in [-0.2, 0) is 0 Å². The fourth-order valence-electron chi connectivity index (χ4n) is 5.16. The molecule has 9 heteroatoms. The second kappa shape index (κ2) is 8.08. The van der Waals surface area contributed by atoms with Gasteiger partial charge in [-0.2, -0.15) is 0 Å². The highest BCUT2D eigenvalue weighted by Crippen LogP contribution is 2.50. The maximum atomic E-state index is 11.0. The van der Waals surface area contributed by atoms with E-state index in [9.17, 15) is 10.2 Å². The monoisotopic (exact) mass is 418 g/mol. The average molecular weight is 419 g/mol. The number of halogens is 1. The number of alkyl halides is 1. The van der Waals surface area contributed by atoms with E-state index in [1.54, 1.807) is 11.8 Å². The second-order valence-corrected chi connectivity index (χ2v) is 10.1. The van der Waals surface area contributed by atoms with Gasteiger partial charge in [0, 0.05) is 36.3 Å². The molecule has 0 bridgehead atoms. The summed E-state index contributed by atoms with van der Waals surface area (Å²) in [4.78, 5) is 4.56. The second-order valence-electron chi connectivity index (χ2n) is 8.45. The summed E-state index contributed by atoms with van der Waals surface area (Å²) in [5, 5.41) is 36.5. The molecule has 154 valence electrons. The molecular formula is C18H31ClN4O3S. The van der Waals surface area contributed by atoms with E-state index in [0.717, 1.165) is 38.9 Å². The van der Waals surface area contributed by atoms with Crippen molar-refractivity contribution in [1.29, 1.82) is 0 Å². The number of aliphatic hydroxyl groups is 3. The lowest BCUT2D eigenvalue weighted by molar-refractivity contribution is -0.0391. The third kappa shape index (κ3) is 3.93. The van der Waals surface area contributed by atoms with Crippen LogP contribution in [0.1, 0.15) is 19.3 Å². The Morgan fingerprint density at radius 3 is 2.93 bits per heavy atom. The van der Waals surface area contributed by atoms with E-state index in [0.29, 0.717) is 5.75 Å². The third-order valence-corrected chi connectivity index (χ3v) is 8.05. The number of aliphatic hydroxyl groups excluding tert-OH is 3.